The normalized spacial score (nSPS) is 23.6. The number of nitrogens with zero attached hydrogens (tertiary/aromatic N) is 3. The van der Waals surface area contributed by atoms with Crippen molar-refractivity contribution < 1.29 is 18.9 Å². The molecule has 2 aromatic rings. The molecule has 0 unspecified atom stereocenters. The first kappa shape index (κ1) is 16.5. The van der Waals surface area contributed by atoms with Gasteiger partial charge in [-0.05, 0) is 12.5 Å². The van der Waals surface area contributed by atoms with Gasteiger partial charge in [0.05, 0.1) is 44.7 Å². The highest BCUT2D eigenvalue weighted by Gasteiger charge is 2.36. The van der Waals surface area contributed by atoms with E-state index in [9.17, 15) is 0 Å². The lowest BCUT2D eigenvalue weighted by Crippen LogP contribution is -2.36. The van der Waals surface area contributed by atoms with Gasteiger partial charge in [0.1, 0.15) is 6.33 Å². The van der Waals surface area contributed by atoms with Crippen molar-refractivity contribution in [2.45, 2.75) is 18.6 Å². The fourth-order valence-corrected chi connectivity index (χ4v) is 3.45. The number of hydrogen-bond donors (Lipinski definition) is 0. The number of fused-ring (bicyclic) bond motifs is 2. The maximum atomic E-state index is 5.94. The maximum absolute atomic E-state index is 5.94. The number of rotatable bonds is 6. The van der Waals surface area contributed by atoms with Crippen LogP contribution in [0.3, 0.4) is 0 Å². The Morgan fingerprint density at radius 2 is 1.96 bits per heavy atom. The van der Waals surface area contributed by atoms with E-state index in [1.807, 2.05) is 12.1 Å². The Morgan fingerprint density at radius 3 is 2.72 bits per heavy atom. The van der Waals surface area contributed by atoms with Gasteiger partial charge in [0.15, 0.2) is 11.5 Å². The van der Waals surface area contributed by atoms with Gasteiger partial charge in [0.25, 0.3) is 0 Å². The van der Waals surface area contributed by atoms with Crippen molar-refractivity contribution in [3.8, 4) is 11.5 Å². The van der Waals surface area contributed by atoms with Crippen LogP contribution >= 0.6 is 0 Å². The third-order valence-electron chi connectivity index (χ3n) is 4.70. The zero-order valence-corrected chi connectivity index (χ0v) is 14.4. The summed E-state index contributed by atoms with van der Waals surface area (Å²) >= 11 is 0. The van der Waals surface area contributed by atoms with E-state index in [1.165, 1.54) is 6.33 Å². The highest BCUT2D eigenvalue weighted by atomic mass is 16.6. The predicted octanol–water partition coefficient (Wildman–Crippen LogP) is 1.51. The SMILES string of the molecule is COc1cc2ncncc2cc1OCCCN1C[C@@H]2OCCO[C@@H]2C1. The van der Waals surface area contributed by atoms with Crippen molar-refractivity contribution in [2.24, 2.45) is 0 Å². The van der Waals surface area contributed by atoms with Crippen LogP contribution in [0.2, 0.25) is 0 Å². The van der Waals surface area contributed by atoms with E-state index in [0.29, 0.717) is 25.6 Å². The minimum atomic E-state index is 0.232. The maximum Gasteiger partial charge on any atom is 0.162 e. The van der Waals surface area contributed by atoms with Crippen molar-refractivity contribution >= 4 is 10.9 Å². The van der Waals surface area contributed by atoms with Crippen molar-refractivity contribution in [1.82, 2.24) is 14.9 Å². The summed E-state index contributed by atoms with van der Waals surface area (Å²) in [5.74, 6) is 1.42. The van der Waals surface area contributed by atoms with Gasteiger partial charge >= 0.3 is 0 Å². The Labute approximate surface area is 146 Å². The zero-order valence-electron chi connectivity index (χ0n) is 14.4. The van der Waals surface area contributed by atoms with E-state index < -0.39 is 0 Å². The summed E-state index contributed by atoms with van der Waals surface area (Å²) in [6, 6.07) is 3.81. The summed E-state index contributed by atoms with van der Waals surface area (Å²) in [5, 5.41) is 0.941. The molecule has 2 aliphatic rings. The Kier molecular flexibility index (Phi) is 4.96. The second kappa shape index (κ2) is 7.51. The summed E-state index contributed by atoms with van der Waals surface area (Å²) in [7, 11) is 1.64. The van der Waals surface area contributed by atoms with Gasteiger partial charge in [-0.15, -0.1) is 0 Å². The summed E-state index contributed by atoms with van der Waals surface area (Å²) in [6.45, 7) is 4.91. The molecule has 1 aromatic carbocycles. The first-order chi connectivity index (χ1) is 12.3. The fraction of sp³-hybridized carbons (Fsp3) is 0.556. The highest BCUT2D eigenvalue weighted by molar-refractivity contribution is 5.81. The molecule has 4 rings (SSSR count). The van der Waals surface area contributed by atoms with E-state index in [0.717, 1.165) is 42.7 Å². The molecule has 3 heterocycles. The van der Waals surface area contributed by atoms with Crippen molar-refractivity contribution in [2.75, 3.05) is 46.6 Å². The zero-order chi connectivity index (χ0) is 17.1. The van der Waals surface area contributed by atoms with E-state index in [1.54, 1.807) is 13.3 Å². The van der Waals surface area contributed by atoms with E-state index in [-0.39, 0.29) is 12.2 Å². The van der Waals surface area contributed by atoms with Crippen molar-refractivity contribution in [3.05, 3.63) is 24.7 Å². The van der Waals surface area contributed by atoms with Crippen LogP contribution in [0.15, 0.2) is 24.7 Å². The van der Waals surface area contributed by atoms with Crippen LogP contribution in [0.5, 0.6) is 11.5 Å². The van der Waals surface area contributed by atoms with Gasteiger partial charge in [-0.2, -0.15) is 0 Å². The lowest BCUT2D eigenvalue weighted by Gasteiger charge is -2.24. The molecule has 7 heteroatoms. The molecule has 0 radical (unpaired) electrons. The molecule has 1 aromatic heterocycles. The molecule has 7 nitrogen and oxygen atoms in total. The molecule has 0 bridgehead atoms. The third kappa shape index (κ3) is 3.68. The Hall–Kier alpha value is -1.96. The summed E-state index contributed by atoms with van der Waals surface area (Å²) in [4.78, 5) is 10.7. The van der Waals surface area contributed by atoms with Crippen LogP contribution in [-0.2, 0) is 9.47 Å². The minimum Gasteiger partial charge on any atom is -0.493 e. The van der Waals surface area contributed by atoms with Crippen LogP contribution in [0.4, 0.5) is 0 Å². The van der Waals surface area contributed by atoms with Gasteiger partial charge in [-0.1, -0.05) is 0 Å². The third-order valence-corrected chi connectivity index (χ3v) is 4.70. The minimum absolute atomic E-state index is 0.232. The predicted molar refractivity (Wildman–Crippen MR) is 92.1 cm³/mol. The average molecular weight is 345 g/mol. The van der Waals surface area contributed by atoms with E-state index in [4.69, 9.17) is 18.9 Å². The Balaban J connectivity index is 1.30. The largest absolute Gasteiger partial charge is 0.493 e. The number of aromatic nitrogens is 2. The molecule has 2 fully saturated rings. The lowest BCUT2D eigenvalue weighted by atomic mass is 10.2. The average Bonchev–Trinajstić information content (AvgIpc) is 3.07. The van der Waals surface area contributed by atoms with Crippen molar-refractivity contribution in [1.29, 1.82) is 0 Å². The molecule has 2 aliphatic heterocycles. The van der Waals surface area contributed by atoms with Gasteiger partial charge in [-0.25, -0.2) is 9.97 Å². The van der Waals surface area contributed by atoms with Crippen LogP contribution < -0.4 is 9.47 Å². The number of benzene rings is 1. The molecule has 0 spiro atoms. The molecule has 0 saturated carbocycles. The van der Waals surface area contributed by atoms with Crippen LogP contribution in [0, 0.1) is 0 Å². The standard InChI is InChI=1S/C18H23N3O4/c1-22-15-8-14-13(9-19-12-20-14)7-16(15)23-4-2-3-21-10-17-18(11-21)25-6-5-24-17/h7-9,12,17-18H,2-6,10-11H2,1H3/t17-,18+. The first-order valence-electron chi connectivity index (χ1n) is 8.69. The molecule has 0 aliphatic carbocycles. The Morgan fingerprint density at radius 1 is 1.16 bits per heavy atom. The topological polar surface area (TPSA) is 65.9 Å². The number of methoxy groups -OCH3 is 1. The fourth-order valence-electron chi connectivity index (χ4n) is 3.45. The van der Waals surface area contributed by atoms with Crippen molar-refractivity contribution in [3.63, 3.8) is 0 Å². The molecule has 0 amide bonds. The number of ether oxygens (including phenoxy) is 4. The summed E-state index contributed by atoms with van der Waals surface area (Å²) < 4.78 is 22.9. The monoisotopic (exact) mass is 345 g/mol. The Bertz CT molecular complexity index is 713. The van der Waals surface area contributed by atoms with Crippen LogP contribution in [-0.4, -0.2) is 73.6 Å². The van der Waals surface area contributed by atoms with Gasteiger partial charge in [-0.3, -0.25) is 4.90 Å². The summed E-state index contributed by atoms with van der Waals surface area (Å²) in [6.07, 6.45) is 4.71. The molecular formula is C18H23N3O4. The lowest BCUT2D eigenvalue weighted by molar-refractivity contribution is -0.116. The number of likely N-dealkylation sites (tertiary alicyclic amines) is 1. The second-order valence-electron chi connectivity index (χ2n) is 6.36. The van der Waals surface area contributed by atoms with E-state index >= 15 is 0 Å². The van der Waals surface area contributed by atoms with Crippen LogP contribution in [0.1, 0.15) is 6.42 Å². The summed E-state index contributed by atoms with van der Waals surface area (Å²) in [5.41, 5.74) is 0.846. The highest BCUT2D eigenvalue weighted by Crippen LogP contribution is 2.31. The van der Waals surface area contributed by atoms with Gasteiger partial charge in [0.2, 0.25) is 0 Å². The molecule has 0 N–H and O–H groups in total. The molecule has 134 valence electrons. The molecule has 2 atom stereocenters. The smallest absolute Gasteiger partial charge is 0.162 e. The second-order valence-corrected chi connectivity index (χ2v) is 6.36. The van der Waals surface area contributed by atoms with E-state index in [2.05, 4.69) is 14.9 Å². The van der Waals surface area contributed by atoms with Gasteiger partial charge in [0, 0.05) is 37.3 Å². The molecule has 25 heavy (non-hydrogen) atoms. The molecule has 2 saturated heterocycles. The number of hydrogen-bond acceptors (Lipinski definition) is 7. The first-order valence-corrected chi connectivity index (χ1v) is 8.69. The van der Waals surface area contributed by atoms with Gasteiger partial charge < -0.3 is 18.9 Å². The van der Waals surface area contributed by atoms with Crippen LogP contribution in [0.25, 0.3) is 10.9 Å². The quantitative estimate of drug-likeness (QED) is 0.735. The molecular weight excluding hydrogens is 322 g/mol.